The quantitative estimate of drug-likeness (QED) is 0.397. The van der Waals surface area contributed by atoms with Crippen molar-refractivity contribution in [3.8, 4) is 0 Å². The van der Waals surface area contributed by atoms with Crippen molar-refractivity contribution < 1.29 is 9.59 Å². The predicted molar refractivity (Wildman–Crippen MR) is 104 cm³/mol. The number of nitrogens with one attached hydrogen (secondary N) is 3. The molecule has 2 bridgehead atoms. The minimum Gasteiger partial charge on any atom is -0.356 e. The number of guanidine groups is 1. The van der Waals surface area contributed by atoms with Gasteiger partial charge in [-0.05, 0) is 69.1 Å². The molecule has 4 atom stereocenters. The third-order valence-corrected chi connectivity index (χ3v) is 7.58. The summed E-state index contributed by atoms with van der Waals surface area (Å²) in [6.45, 7) is 4.56. The van der Waals surface area contributed by atoms with Crippen LogP contribution in [-0.4, -0.2) is 55.0 Å². The molecule has 0 aromatic rings. The number of aliphatic imine (C=N–C) groups is 1. The first-order chi connectivity index (χ1) is 13.0. The zero-order chi connectivity index (χ0) is 19.0. The highest BCUT2D eigenvalue weighted by Gasteiger charge is 2.48. The average molecular weight is 376 g/mol. The van der Waals surface area contributed by atoms with Crippen molar-refractivity contribution >= 4 is 17.9 Å². The summed E-state index contributed by atoms with van der Waals surface area (Å²) in [7, 11) is 1.85. The Morgan fingerprint density at radius 2 is 2.00 bits per heavy atom. The van der Waals surface area contributed by atoms with Gasteiger partial charge in [-0.2, -0.15) is 0 Å². The van der Waals surface area contributed by atoms with Crippen LogP contribution in [0, 0.1) is 23.7 Å². The first kappa shape index (κ1) is 18.6. The highest BCUT2D eigenvalue weighted by molar-refractivity contribution is 6.07. The molecule has 150 valence electrons. The van der Waals surface area contributed by atoms with Crippen LogP contribution in [0.4, 0.5) is 4.79 Å². The molecule has 3 amide bonds. The van der Waals surface area contributed by atoms with Crippen molar-refractivity contribution in [2.75, 3.05) is 26.7 Å². The van der Waals surface area contributed by atoms with Crippen LogP contribution in [0.2, 0.25) is 0 Å². The molecule has 2 heterocycles. The van der Waals surface area contributed by atoms with Crippen molar-refractivity contribution in [2.45, 2.75) is 57.4 Å². The van der Waals surface area contributed by atoms with Crippen LogP contribution in [0.1, 0.15) is 51.9 Å². The molecule has 27 heavy (non-hydrogen) atoms. The van der Waals surface area contributed by atoms with Crippen LogP contribution in [0.25, 0.3) is 0 Å². The molecule has 4 unspecified atom stereocenters. The van der Waals surface area contributed by atoms with Crippen LogP contribution < -0.4 is 16.0 Å². The van der Waals surface area contributed by atoms with E-state index < -0.39 is 5.54 Å². The van der Waals surface area contributed by atoms with Gasteiger partial charge in [-0.25, -0.2) is 4.79 Å². The Kier molecular flexibility index (Phi) is 5.03. The largest absolute Gasteiger partial charge is 0.356 e. The Hall–Kier alpha value is -1.79. The van der Waals surface area contributed by atoms with Gasteiger partial charge in [0.2, 0.25) is 0 Å². The van der Waals surface area contributed by atoms with E-state index in [0.29, 0.717) is 0 Å². The van der Waals surface area contributed by atoms with E-state index >= 15 is 0 Å². The highest BCUT2D eigenvalue weighted by Crippen LogP contribution is 2.49. The number of imide groups is 1. The van der Waals surface area contributed by atoms with Crippen molar-refractivity contribution in [2.24, 2.45) is 28.7 Å². The molecule has 7 nitrogen and oxygen atoms in total. The lowest BCUT2D eigenvalue weighted by atomic mass is 9.79. The Morgan fingerprint density at radius 1 is 1.22 bits per heavy atom. The molecule has 2 saturated carbocycles. The molecule has 0 spiro atoms. The Labute approximate surface area is 161 Å². The maximum Gasteiger partial charge on any atom is 0.322 e. The summed E-state index contributed by atoms with van der Waals surface area (Å²) in [5.41, 5.74) is -0.776. The first-order valence-electron chi connectivity index (χ1n) is 10.6. The van der Waals surface area contributed by atoms with E-state index in [-0.39, 0.29) is 17.9 Å². The number of rotatable bonds is 4. The van der Waals surface area contributed by atoms with Gasteiger partial charge >= 0.3 is 6.03 Å². The number of carbonyl (C=O) groups excluding carboxylic acids is 2. The molecule has 3 N–H and O–H groups in total. The topological polar surface area (TPSA) is 85.8 Å². The van der Waals surface area contributed by atoms with Crippen LogP contribution in [0.15, 0.2) is 4.99 Å². The standard InChI is InChI=1S/C20H33N5O2/c1-20(17(26)23-19(27)24-20)16-6-9-25(10-7-16)18(21-2)22-8-5-15-12-13-3-4-14(15)11-13/h13-16H,3-12H2,1-2H3,(H,21,22)(H2,23,24,26,27). The Morgan fingerprint density at radius 3 is 2.56 bits per heavy atom. The zero-order valence-corrected chi connectivity index (χ0v) is 16.6. The van der Waals surface area contributed by atoms with E-state index in [1.807, 2.05) is 14.0 Å². The van der Waals surface area contributed by atoms with E-state index in [1.54, 1.807) is 0 Å². The molecule has 0 radical (unpaired) electrons. The number of hydrogen-bond donors (Lipinski definition) is 3. The van der Waals surface area contributed by atoms with Crippen LogP contribution >= 0.6 is 0 Å². The second-order valence-electron chi connectivity index (χ2n) is 9.07. The van der Waals surface area contributed by atoms with Crippen LogP contribution in [0.3, 0.4) is 0 Å². The molecule has 4 rings (SSSR count). The maximum atomic E-state index is 12.2. The molecule has 0 aromatic heterocycles. The monoisotopic (exact) mass is 375 g/mol. The average Bonchev–Trinajstić information content (AvgIpc) is 3.34. The molecule has 0 aromatic carbocycles. The number of piperidine rings is 1. The van der Waals surface area contributed by atoms with E-state index in [1.165, 1.54) is 32.1 Å². The smallest absolute Gasteiger partial charge is 0.322 e. The summed E-state index contributed by atoms with van der Waals surface area (Å²) in [6, 6.07) is -0.372. The third-order valence-electron chi connectivity index (χ3n) is 7.58. The van der Waals surface area contributed by atoms with Crippen LogP contribution in [0.5, 0.6) is 0 Å². The Balaban J connectivity index is 1.24. The number of hydrogen-bond acceptors (Lipinski definition) is 3. The fourth-order valence-electron chi connectivity index (χ4n) is 5.94. The maximum absolute atomic E-state index is 12.2. The lowest BCUT2D eigenvalue weighted by molar-refractivity contribution is -0.125. The number of nitrogens with zero attached hydrogens (tertiary/aromatic N) is 2. The van der Waals surface area contributed by atoms with E-state index in [2.05, 4.69) is 25.8 Å². The van der Waals surface area contributed by atoms with Crippen molar-refractivity contribution in [1.82, 2.24) is 20.9 Å². The fourth-order valence-corrected chi connectivity index (χ4v) is 5.94. The summed E-state index contributed by atoms with van der Waals surface area (Å²) < 4.78 is 0. The van der Waals surface area contributed by atoms with Gasteiger partial charge in [0.05, 0.1) is 0 Å². The van der Waals surface area contributed by atoms with Gasteiger partial charge < -0.3 is 15.5 Å². The lowest BCUT2D eigenvalue weighted by Gasteiger charge is -2.39. The number of fused-ring (bicyclic) bond motifs is 2. The van der Waals surface area contributed by atoms with Crippen molar-refractivity contribution in [3.05, 3.63) is 0 Å². The van der Waals surface area contributed by atoms with Gasteiger partial charge in [0.1, 0.15) is 5.54 Å². The van der Waals surface area contributed by atoms with Crippen molar-refractivity contribution in [3.63, 3.8) is 0 Å². The molecule has 2 saturated heterocycles. The molecule has 2 aliphatic heterocycles. The summed E-state index contributed by atoms with van der Waals surface area (Å²) in [4.78, 5) is 30.4. The normalized spacial score (nSPS) is 36.9. The van der Waals surface area contributed by atoms with Gasteiger partial charge in [0.25, 0.3) is 5.91 Å². The highest BCUT2D eigenvalue weighted by atomic mass is 16.2. The summed E-state index contributed by atoms with van der Waals surface area (Å²) in [6.07, 6.45) is 8.80. The number of likely N-dealkylation sites (tertiary alicyclic amines) is 1. The molecule has 4 aliphatic rings. The molecular formula is C20H33N5O2. The number of carbonyl (C=O) groups is 2. The predicted octanol–water partition coefficient (Wildman–Crippen LogP) is 1.70. The van der Waals surface area contributed by atoms with Gasteiger partial charge in [-0.1, -0.05) is 6.42 Å². The summed E-state index contributed by atoms with van der Waals surface area (Å²) in [5.74, 6) is 3.83. The lowest BCUT2D eigenvalue weighted by Crippen LogP contribution is -2.55. The van der Waals surface area contributed by atoms with Crippen LogP contribution in [-0.2, 0) is 4.79 Å². The Bertz CT molecular complexity index is 628. The summed E-state index contributed by atoms with van der Waals surface area (Å²) >= 11 is 0. The minimum atomic E-state index is -0.776. The van der Waals surface area contributed by atoms with Crippen molar-refractivity contribution in [1.29, 1.82) is 0 Å². The number of urea groups is 1. The SMILES string of the molecule is CN=C(NCCC1CC2CCC1C2)N1CCC(C2(C)NC(=O)NC2=O)CC1. The van der Waals surface area contributed by atoms with E-state index in [4.69, 9.17) is 0 Å². The van der Waals surface area contributed by atoms with E-state index in [9.17, 15) is 9.59 Å². The number of amides is 3. The third kappa shape index (κ3) is 3.52. The van der Waals surface area contributed by atoms with Gasteiger partial charge in [-0.3, -0.25) is 15.1 Å². The molecule has 7 heteroatoms. The second kappa shape index (κ2) is 7.32. The van der Waals surface area contributed by atoms with Gasteiger partial charge in [-0.15, -0.1) is 0 Å². The molecule has 4 fully saturated rings. The molecular weight excluding hydrogens is 342 g/mol. The fraction of sp³-hybridized carbons (Fsp3) is 0.850. The zero-order valence-electron chi connectivity index (χ0n) is 16.6. The molecule has 2 aliphatic carbocycles. The summed E-state index contributed by atoms with van der Waals surface area (Å²) in [5, 5.41) is 8.76. The first-order valence-corrected chi connectivity index (χ1v) is 10.6. The van der Waals surface area contributed by atoms with Gasteiger partial charge in [0, 0.05) is 26.7 Å². The second-order valence-corrected chi connectivity index (χ2v) is 9.07. The minimum absolute atomic E-state index is 0.160. The van der Waals surface area contributed by atoms with Gasteiger partial charge in [0.15, 0.2) is 5.96 Å². The van der Waals surface area contributed by atoms with E-state index in [0.717, 1.165) is 56.2 Å².